The maximum atomic E-state index is 5.82. The molecule has 82 valence electrons. The number of rotatable bonds is 3. The van der Waals surface area contributed by atoms with Crippen molar-refractivity contribution in [2.24, 2.45) is 5.92 Å². The van der Waals surface area contributed by atoms with Gasteiger partial charge in [0.1, 0.15) is 5.15 Å². The molecule has 0 saturated heterocycles. The zero-order valence-corrected chi connectivity index (χ0v) is 10.8. The fourth-order valence-electron chi connectivity index (χ4n) is 1.99. The van der Waals surface area contributed by atoms with Crippen molar-refractivity contribution in [1.29, 1.82) is 0 Å². The van der Waals surface area contributed by atoms with Gasteiger partial charge in [-0.2, -0.15) is 0 Å². The molecule has 2 nitrogen and oxygen atoms in total. The number of hydrogen-bond donors (Lipinski definition) is 1. The fourth-order valence-corrected chi connectivity index (χ4v) is 2.45. The van der Waals surface area contributed by atoms with Gasteiger partial charge in [-0.1, -0.05) is 24.4 Å². The Labute approximate surface area is 104 Å². The van der Waals surface area contributed by atoms with Crippen LogP contribution in [0.2, 0.25) is 5.15 Å². The molecular weight excluding hydrogens is 275 g/mol. The SMILES string of the molecule is Clc1ncc(NCC2CCCC2)cc1Br. The molecular formula is C11H14BrClN2. The van der Waals surface area contributed by atoms with Gasteiger partial charge in [-0.15, -0.1) is 0 Å². The van der Waals surface area contributed by atoms with Gasteiger partial charge in [0.05, 0.1) is 16.4 Å². The first-order chi connectivity index (χ1) is 7.25. The van der Waals surface area contributed by atoms with Gasteiger partial charge < -0.3 is 5.32 Å². The first-order valence-electron chi connectivity index (χ1n) is 5.30. The molecule has 0 bridgehead atoms. The molecule has 0 aromatic carbocycles. The van der Waals surface area contributed by atoms with Gasteiger partial charge in [-0.05, 0) is 40.8 Å². The Morgan fingerprint density at radius 2 is 2.20 bits per heavy atom. The third-order valence-corrected chi connectivity index (χ3v) is 4.00. The number of pyridine rings is 1. The molecule has 1 aliphatic carbocycles. The Balaban J connectivity index is 1.90. The van der Waals surface area contributed by atoms with Crippen molar-refractivity contribution >= 4 is 33.2 Å². The van der Waals surface area contributed by atoms with Crippen molar-refractivity contribution in [3.63, 3.8) is 0 Å². The number of halogens is 2. The molecule has 1 aliphatic rings. The second kappa shape index (κ2) is 5.17. The summed E-state index contributed by atoms with van der Waals surface area (Å²) in [5.74, 6) is 0.833. The van der Waals surface area contributed by atoms with Crippen LogP contribution >= 0.6 is 27.5 Å². The van der Waals surface area contributed by atoms with Crippen LogP contribution in [0.25, 0.3) is 0 Å². The van der Waals surface area contributed by atoms with Crippen LogP contribution in [-0.2, 0) is 0 Å². The van der Waals surface area contributed by atoms with Crippen LogP contribution in [0.4, 0.5) is 5.69 Å². The van der Waals surface area contributed by atoms with Gasteiger partial charge >= 0.3 is 0 Å². The van der Waals surface area contributed by atoms with Crippen molar-refractivity contribution in [3.8, 4) is 0 Å². The molecule has 4 heteroatoms. The molecule has 0 unspecified atom stereocenters. The second-order valence-electron chi connectivity index (χ2n) is 4.03. The molecule has 2 rings (SSSR count). The van der Waals surface area contributed by atoms with Crippen molar-refractivity contribution in [3.05, 3.63) is 21.9 Å². The summed E-state index contributed by atoms with van der Waals surface area (Å²) in [6, 6.07) is 1.98. The Morgan fingerprint density at radius 3 is 2.87 bits per heavy atom. The maximum absolute atomic E-state index is 5.82. The molecule has 1 fully saturated rings. The van der Waals surface area contributed by atoms with Crippen LogP contribution in [0.3, 0.4) is 0 Å². The lowest BCUT2D eigenvalue weighted by Gasteiger charge is -2.11. The monoisotopic (exact) mass is 288 g/mol. The molecule has 1 aromatic heterocycles. The Kier molecular flexibility index (Phi) is 3.87. The first kappa shape index (κ1) is 11.2. The standard InChI is InChI=1S/C11H14BrClN2/c12-10-5-9(7-15-11(10)13)14-6-8-3-1-2-4-8/h5,7-8,14H,1-4,6H2. The minimum atomic E-state index is 0.515. The number of aromatic nitrogens is 1. The molecule has 0 amide bonds. The van der Waals surface area contributed by atoms with Crippen LogP contribution in [-0.4, -0.2) is 11.5 Å². The predicted molar refractivity (Wildman–Crippen MR) is 67.4 cm³/mol. The van der Waals surface area contributed by atoms with E-state index in [0.717, 1.165) is 22.6 Å². The third-order valence-electron chi connectivity index (χ3n) is 2.87. The lowest BCUT2D eigenvalue weighted by Crippen LogP contribution is -2.10. The summed E-state index contributed by atoms with van der Waals surface area (Å²) in [6.07, 6.45) is 7.26. The normalized spacial score (nSPS) is 16.9. The highest BCUT2D eigenvalue weighted by Crippen LogP contribution is 2.26. The number of anilines is 1. The van der Waals surface area contributed by atoms with Gasteiger partial charge in [0.2, 0.25) is 0 Å². The fraction of sp³-hybridized carbons (Fsp3) is 0.545. The highest BCUT2D eigenvalue weighted by Gasteiger charge is 2.14. The summed E-state index contributed by atoms with van der Waals surface area (Å²) >= 11 is 9.19. The highest BCUT2D eigenvalue weighted by molar-refractivity contribution is 9.10. The molecule has 0 atom stereocenters. The van der Waals surface area contributed by atoms with Crippen molar-refractivity contribution < 1.29 is 0 Å². The van der Waals surface area contributed by atoms with E-state index in [1.54, 1.807) is 6.20 Å². The van der Waals surface area contributed by atoms with Crippen molar-refractivity contribution in [1.82, 2.24) is 4.98 Å². The quantitative estimate of drug-likeness (QED) is 0.847. The molecule has 1 aromatic rings. The van der Waals surface area contributed by atoms with E-state index in [-0.39, 0.29) is 0 Å². The van der Waals surface area contributed by atoms with Gasteiger partial charge in [-0.3, -0.25) is 0 Å². The number of nitrogens with zero attached hydrogens (tertiary/aromatic N) is 1. The summed E-state index contributed by atoms with van der Waals surface area (Å²) < 4.78 is 0.848. The topological polar surface area (TPSA) is 24.9 Å². The zero-order chi connectivity index (χ0) is 10.7. The van der Waals surface area contributed by atoms with E-state index in [1.807, 2.05) is 6.07 Å². The average Bonchev–Trinajstić information content (AvgIpc) is 2.73. The number of nitrogens with one attached hydrogen (secondary N) is 1. The summed E-state index contributed by atoms with van der Waals surface area (Å²) in [5, 5.41) is 3.92. The summed E-state index contributed by atoms with van der Waals surface area (Å²) in [7, 11) is 0. The second-order valence-corrected chi connectivity index (χ2v) is 5.24. The van der Waals surface area contributed by atoms with E-state index in [4.69, 9.17) is 11.6 Å². The molecule has 0 aliphatic heterocycles. The molecule has 1 saturated carbocycles. The summed E-state index contributed by atoms with van der Waals surface area (Å²) in [4.78, 5) is 4.08. The summed E-state index contributed by atoms with van der Waals surface area (Å²) in [5.41, 5.74) is 1.04. The highest BCUT2D eigenvalue weighted by atomic mass is 79.9. The van der Waals surface area contributed by atoms with E-state index >= 15 is 0 Å². The minimum absolute atomic E-state index is 0.515. The van der Waals surface area contributed by atoms with E-state index in [1.165, 1.54) is 25.7 Å². The smallest absolute Gasteiger partial charge is 0.143 e. The molecule has 0 radical (unpaired) electrons. The van der Waals surface area contributed by atoms with Crippen LogP contribution in [0, 0.1) is 5.92 Å². The first-order valence-corrected chi connectivity index (χ1v) is 6.48. The largest absolute Gasteiger partial charge is 0.383 e. The van der Waals surface area contributed by atoms with Gasteiger partial charge in [0.25, 0.3) is 0 Å². The van der Waals surface area contributed by atoms with Crippen LogP contribution in [0.5, 0.6) is 0 Å². The van der Waals surface area contributed by atoms with Gasteiger partial charge in [-0.25, -0.2) is 4.98 Å². The van der Waals surface area contributed by atoms with E-state index in [0.29, 0.717) is 5.15 Å². The Hall–Kier alpha value is -0.280. The van der Waals surface area contributed by atoms with Crippen LogP contribution in [0.15, 0.2) is 16.7 Å². The molecule has 1 heterocycles. The van der Waals surface area contributed by atoms with Crippen LogP contribution in [0.1, 0.15) is 25.7 Å². The van der Waals surface area contributed by atoms with Crippen molar-refractivity contribution in [2.75, 3.05) is 11.9 Å². The Bertz CT molecular complexity index is 337. The van der Waals surface area contributed by atoms with E-state index in [9.17, 15) is 0 Å². The molecule has 15 heavy (non-hydrogen) atoms. The van der Waals surface area contributed by atoms with Gasteiger partial charge in [0, 0.05) is 6.54 Å². The Morgan fingerprint density at radius 1 is 1.47 bits per heavy atom. The number of hydrogen-bond acceptors (Lipinski definition) is 2. The van der Waals surface area contributed by atoms with Crippen LogP contribution < -0.4 is 5.32 Å². The van der Waals surface area contributed by atoms with E-state index in [2.05, 4.69) is 26.2 Å². The minimum Gasteiger partial charge on any atom is -0.383 e. The lowest BCUT2D eigenvalue weighted by atomic mass is 10.1. The molecule has 0 spiro atoms. The maximum Gasteiger partial charge on any atom is 0.143 e. The average molecular weight is 290 g/mol. The summed E-state index contributed by atoms with van der Waals surface area (Å²) in [6.45, 7) is 1.05. The zero-order valence-electron chi connectivity index (χ0n) is 8.47. The predicted octanol–water partition coefficient (Wildman–Crippen LogP) is 4.10. The van der Waals surface area contributed by atoms with Crippen molar-refractivity contribution in [2.45, 2.75) is 25.7 Å². The third kappa shape index (κ3) is 3.08. The van der Waals surface area contributed by atoms with E-state index < -0.39 is 0 Å². The molecule has 1 N–H and O–H groups in total. The van der Waals surface area contributed by atoms with Gasteiger partial charge in [0.15, 0.2) is 0 Å². The lowest BCUT2D eigenvalue weighted by molar-refractivity contribution is 0.580.